The highest BCUT2D eigenvalue weighted by atomic mass is 15.4. The van der Waals surface area contributed by atoms with E-state index in [9.17, 15) is 0 Å². The summed E-state index contributed by atoms with van der Waals surface area (Å²) in [4.78, 5) is 4.66. The average Bonchev–Trinajstić information content (AvgIpc) is 2.76. The van der Waals surface area contributed by atoms with Crippen LogP contribution in [0.2, 0.25) is 0 Å². The van der Waals surface area contributed by atoms with Gasteiger partial charge in [-0.2, -0.15) is 4.52 Å². The molecule has 6 heteroatoms. The van der Waals surface area contributed by atoms with Crippen molar-refractivity contribution in [3.05, 3.63) is 18.0 Å². The van der Waals surface area contributed by atoms with Gasteiger partial charge in [-0.05, 0) is 25.6 Å². The van der Waals surface area contributed by atoms with Crippen LogP contribution in [0.3, 0.4) is 0 Å². The largest absolute Gasteiger partial charge is 0.352 e. The maximum Gasteiger partial charge on any atom is 0.177 e. The molecule has 0 N–H and O–H groups in total. The van der Waals surface area contributed by atoms with Gasteiger partial charge in [-0.1, -0.05) is 0 Å². The molecule has 2 aromatic rings. The van der Waals surface area contributed by atoms with Crippen LogP contribution in [-0.2, 0) is 0 Å². The normalized spacial score (nSPS) is 17.9. The number of aryl methyl sites for hydroxylation is 1. The Morgan fingerprint density at radius 2 is 1.94 bits per heavy atom. The van der Waals surface area contributed by atoms with Gasteiger partial charge >= 0.3 is 0 Å². The highest BCUT2D eigenvalue weighted by Gasteiger charge is 2.17. The fourth-order valence-corrected chi connectivity index (χ4v) is 2.18. The van der Waals surface area contributed by atoms with Crippen LogP contribution in [0.1, 0.15) is 5.56 Å². The molecule has 3 rings (SSSR count). The fourth-order valence-electron chi connectivity index (χ4n) is 2.18. The maximum atomic E-state index is 4.58. The van der Waals surface area contributed by atoms with E-state index < -0.39 is 0 Å². The van der Waals surface area contributed by atoms with E-state index in [2.05, 4.69) is 39.1 Å². The SMILES string of the molecule is Cc1cc2nncn2nc1N1CCN(C)CC1. The number of hydrogen-bond donors (Lipinski definition) is 0. The maximum absolute atomic E-state index is 4.58. The Balaban J connectivity index is 1.96. The molecule has 0 amide bonds. The first-order valence-electron chi connectivity index (χ1n) is 5.85. The lowest BCUT2D eigenvalue weighted by Gasteiger charge is -2.33. The summed E-state index contributed by atoms with van der Waals surface area (Å²) in [7, 11) is 2.15. The summed E-state index contributed by atoms with van der Waals surface area (Å²) in [6.07, 6.45) is 1.65. The number of piperazine rings is 1. The van der Waals surface area contributed by atoms with Gasteiger partial charge < -0.3 is 9.80 Å². The summed E-state index contributed by atoms with van der Waals surface area (Å²) in [6, 6.07) is 2.04. The van der Waals surface area contributed by atoms with Crippen LogP contribution >= 0.6 is 0 Å². The lowest BCUT2D eigenvalue weighted by Crippen LogP contribution is -2.45. The van der Waals surface area contributed by atoms with Gasteiger partial charge in [0.2, 0.25) is 0 Å². The van der Waals surface area contributed by atoms with Crippen LogP contribution in [0.25, 0.3) is 5.65 Å². The minimum atomic E-state index is 0.806. The molecule has 0 atom stereocenters. The van der Waals surface area contributed by atoms with E-state index in [1.54, 1.807) is 10.8 Å². The number of aromatic nitrogens is 4. The Kier molecular flexibility index (Phi) is 2.44. The molecule has 0 saturated carbocycles. The lowest BCUT2D eigenvalue weighted by atomic mass is 10.2. The fraction of sp³-hybridized carbons (Fsp3) is 0.545. The second-order valence-corrected chi connectivity index (χ2v) is 4.57. The van der Waals surface area contributed by atoms with Gasteiger partial charge in [0.05, 0.1) is 0 Å². The summed E-state index contributed by atoms with van der Waals surface area (Å²) in [5, 5.41) is 12.4. The molecule has 90 valence electrons. The standard InChI is InChI=1S/C11H16N6/c1-9-7-10-13-12-8-17(10)14-11(9)16-5-3-15(2)4-6-16/h7-8H,3-6H2,1-2H3. The van der Waals surface area contributed by atoms with Crippen molar-refractivity contribution in [1.29, 1.82) is 0 Å². The van der Waals surface area contributed by atoms with Gasteiger partial charge in [-0.25, -0.2) is 0 Å². The zero-order chi connectivity index (χ0) is 11.8. The zero-order valence-electron chi connectivity index (χ0n) is 10.2. The van der Waals surface area contributed by atoms with Crippen LogP contribution in [0, 0.1) is 6.92 Å². The minimum Gasteiger partial charge on any atom is -0.352 e. The Morgan fingerprint density at radius 1 is 1.18 bits per heavy atom. The Hall–Kier alpha value is -1.69. The van der Waals surface area contributed by atoms with Crippen molar-refractivity contribution < 1.29 is 0 Å². The van der Waals surface area contributed by atoms with Gasteiger partial charge in [0, 0.05) is 26.2 Å². The van der Waals surface area contributed by atoms with Crippen molar-refractivity contribution in [3.8, 4) is 0 Å². The van der Waals surface area contributed by atoms with Crippen LogP contribution in [0.4, 0.5) is 5.82 Å². The second-order valence-electron chi connectivity index (χ2n) is 4.57. The van der Waals surface area contributed by atoms with E-state index in [0.29, 0.717) is 0 Å². The topological polar surface area (TPSA) is 49.6 Å². The summed E-state index contributed by atoms with van der Waals surface area (Å²) < 4.78 is 1.74. The van der Waals surface area contributed by atoms with E-state index in [0.717, 1.165) is 43.2 Å². The molecular weight excluding hydrogens is 216 g/mol. The van der Waals surface area contributed by atoms with E-state index in [1.807, 2.05) is 6.07 Å². The van der Waals surface area contributed by atoms with Crippen LogP contribution < -0.4 is 4.90 Å². The molecule has 6 nitrogen and oxygen atoms in total. The van der Waals surface area contributed by atoms with Gasteiger partial charge in [0.25, 0.3) is 0 Å². The Morgan fingerprint density at radius 3 is 2.71 bits per heavy atom. The van der Waals surface area contributed by atoms with Crippen molar-refractivity contribution in [2.45, 2.75) is 6.92 Å². The molecule has 1 aliphatic heterocycles. The average molecular weight is 232 g/mol. The van der Waals surface area contributed by atoms with E-state index in [4.69, 9.17) is 0 Å². The molecule has 0 radical (unpaired) electrons. The predicted octanol–water partition coefficient (Wildman–Crippen LogP) is 0.185. The van der Waals surface area contributed by atoms with E-state index in [-0.39, 0.29) is 0 Å². The quantitative estimate of drug-likeness (QED) is 0.702. The van der Waals surface area contributed by atoms with Gasteiger partial charge in [0.1, 0.15) is 6.33 Å². The van der Waals surface area contributed by atoms with Crippen LogP contribution in [-0.4, -0.2) is 57.9 Å². The van der Waals surface area contributed by atoms with Crippen LogP contribution in [0.5, 0.6) is 0 Å². The highest BCUT2D eigenvalue weighted by molar-refractivity contribution is 5.52. The van der Waals surface area contributed by atoms with E-state index >= 15 is 0 Å². The van der Waals surface area contributed by atoms with Crippen molar-refractivity contribution in [1.82, 2.24) is 24.7 Å². The predicted molar refractivity (Wildman–Crippen MR) is 65.2 cm³/mol. The molecule has 2 aromatic heterocycles. The van der Waals surface area contributed by atoms with Gasteiger partial charge in [-0.3, -0.25) is 0 Å². The van der Waals surface area contributed by atoms with Crippen molar-refractivity contribution in [3.63, 3.8) is 0 Å². The Bertz CT molecular complexity index is 526. The van der Waals surface area contributed by atoms with Gasteiger partial charge in [-0.15, -0.1) is 15.3 Å². The first-order chi connectivity index (χ1) is 8.24. The number of fused-ring (bicyclic) bond motifs is 1. The Labute approximate surface area is 99.8 Å². The number of hydrogen-bond acceptors (Lipinski definition) is 5. The molecule has 17 heavy (non-hydrogen) atoms. The third-order valence-corrected chi connectivity index (χ3v) is 3.26. The number of likely N-dealkylation sites (N-methyl/N-ethyl adjacent to an activating group) is 1. The molecule has 0 spiro atoms. The first kappa shape index (κ1) is 10.5. The smallest absolute Gasteiger partial charge is 0.177 e. The number of anilines is 1. The monoisotopic (exact) mass is 232 g/mol. The molecule has 1 aliphatic rings. The lowest BCUT2D eigenvalue weighted by molar-refractivity contribution is 0.311. The summed E-state index contributed by atoms with van der Waals surface area (Å²) in [6.45, 7) is 6.30. The third kappa shape index (κ3) is 1.84. The summed E-state index contributed by atoms with van der Waals surface area (Å²) in [5.74, 6) is 1.05. The van der Waals surface area contributed by atoms with Crippen LogP contribution in [0.15, 0.2) is 12.4 Å². The number of rotatable bonds is 1. The summed E-state index contributed by atoms with van der Waals surface area (Å²) >= 11 is 0. The number of nitrogens with zero attached hydrogens (tertiary/aromatic N) is 6. The molecule has 3 heterocycles. The van der Waals surface area contributed by atoms with Crippen molar-refractivity contribution in [2.24, 2.45) is 0 Å². The second kappa shape index (κ2) is 3.96. The molecule has 0 aliphatic carbocycles. The van der Waals surface area contributed by atoms with Crippen molar-refractivity contribution in [2.75, 3.05) is 38.1 Å². The van der Waals surface area contributed by atoms with Gasteiger partial charge in [0.15, 0.2) is 11.5 Å². The third-order valence-electron chi connectivity index (χ3n) is 3.26. The molecule has 1 fully saturated rings. The van der Waals surface area contributed by atoms with E-state index in [1.165, 1.54) is 0 Å². The summed E-state index contributed by atoms with van der Waals surface area (Å²) in [5.41, 5.74) is 1.97. The molecule has 0 aromatic carbocycles. The molecule has 0 bridgehead atoms. The highest BCUT2D eigenvalue weighted by Crippen LogP contribution is 2.18. The molecule has 1 saturated heterocycles. The molecule has 0 unspecified atom stereocenters. The molecular formula is C11H16N6. The zero-order valence-corrected chi connectivity index (χ0v) is 10.2. The first-order valence-corrected chi connectivity index (χ1v) is 5.85. The minimum absolute atomic E-state index is 0.806. The van der Waals surface area contributed by atoms with Crippen molar-refractivity contribution >= 4 is 11.5 Å².